The Morgan fingerprint density at radius 2 is 2.22 bits per heavy atom. The van der Waals surface area contributed by atoms with Crippen molar-refractivity contribution in [3.8, 4) is 0 Å². The first kappa shape index (κ1) is 15.2. The lowest BCUT2D eigenvalue weighted by molar-refractivity contribution is -0.121. The molecular weight excluding hydrogens is 296 g/mol. The fourth-order valence-electron chi connectivity index (χ4n) is 2.71. The molecule has 0 aliphatic carbocycles. The highest BCUT2D eigenvalue weighted by Gasteiger charge is 2.29. The molecule has 0 saturated carbocycles. The van der Waals surface area contributed by atoms with Gasteiger partial charge in [-0.05, 0) is 18.6 Å². The molecule has 3 heterocycles. The van der Waals surface area contributed by atoms with Crippen LogP contribution in [0, 0.1) is 0 Å². The van der Waals surface area contributed by atoms with Gasteiger partial charge in [0, 0.05) is 18.2 Å². The van der Waals surface area contributed by atoms with Crippen molar-refractivity contribution in [3.05, 3.63) is 35.3 Å². The quantitative estimate of drug-likeness (QED) is 0.928. The van der Waals surface area contributed by atoms with Crippen LogP contribution in [0.25, 0.3) is 0 Å². The van der Waals surface area contributed by atoms with Gasteiger partial charge in [-0.1, -0.05) is 19.0 Å². The van der Waals surface area contributed by atoms with Gasteiger partial charge in [0.1, 0.15) is 12.3 Å². The van der Waals surface area contributed by atoms with Crippen LogP contribution >= 0.6 is 0 Å². The zero-order valence-electron chi connectivity index (χ0n) is 13.1. The number of amides is 2. The molecule has 2 aromatic heterocycles. The van der Waals surface area contributed by atoms with Crippen molar-refractivity contribution in [1.29, 1.82) is 0 Å². The molecule has 0 saturated heterocycles. The molecule has 0 radical (unpaired) electrons. The zero-order chi connectivity index (χ0) is 16.4. The smallest absolute Gasteiger partial charge is 0.244 e. The number of aryl methyl sites for hydroxylation is 2. The molecule has 1 N–H and O–H groups in total. The first-order valence-electron chi connectivity index (χ1n) is 7.65. The van der Waals surface area contributed by atoms with Crippen LogP contribution in [-0.4, -0.2) is 28.5 Å². The van der Waals surface area contributed by atoms with Crippen molar-refractivity contribution in [2.75, 3.05) is 16.8 Å². The van der Waals surface area contributed by atoms with Crippen molar-refractivity contribution in [1.82, 2.24) is 10.1 Å². The Kier molecular flexibility index (Phi) is 4.10. The van der Waals surface area contributed by atoms with Crippen LogP contribution in [0.3, 0.4) is 0 Å². The number of hydrogen-bond donors (Lipinski definition) is 1. The maximum Gasteiger partial charge on any atom is 0.244 e. The van der Waals surface area contributed by atoms with E-state index in [1.165, 1.54) is 4.90 Å². The van der Waals surface area contributed by atoms with E-state index in [2.05, 4.69) is 15.5 Å². The summed E-state index contributed by atoms with van der Waals surface area (Å²) in [5, 5.41) is 6.74. The van der Waals surface area contributed by atoms with Crippen molar-refractivity contribution < 1.29 is 14.1 Å². The number of anilines is 2. The molecule has 0 spiro atoms. The molecule has 7 heteroatoms. The highest BCUT2D eigenvalue weighted by atomic mass is 16.5. The van der Waals surface area contributed by atoms with Crippen LogP contribution in [0.1, 0.15) is 30.9 Å². The van der Waals surface area contributed by atoms with E-state index < -0.39 is 0 Å². The van der Waals surface area contributed by atoms with E-state index in [1.807, 2.05) is 13.8 Å². The molecule has 0 aromatic carbocycles. The summed E-state index contributed by atoms with van der Waals surface area (Å²) >= 11 is 0. The summed E-state index contributed by atoms with van der Waals surface area (Å²) < 4.78 is 5.30. The van der Waals surface area contributed by atoms with Gasteiger partial charge in [-0.15, -0.1) is 0 Å². The van der Waals surface area contributed by atoms with Crippen LogP contribution < -0.4 is 10.2 Å². The minimum absolute atomic E-state index is 0.0307. The maximum absolute atomic E-state index is 12.7. The predicted molar refractivity (Wildman–Crippen MR) is 84.2 cm³/mol. The molecule has 1 aliphatic rings. The molecule has 0 bridgehead atoms. The number of pyridine rings is 1. The van der Waals surface area contributed by atoms with Crippen LogP contribution in [0.5, 0.6) is 0 Å². The highest BCUT2D eigenvalue weighted by Crippen LogP contribution is 2.27. The van der Waals surface area contributed by atoms with E-state index in [9.17, 15) is 9.59 Å². The van der Waals surface area contributed by atoms with Crippen molar-refractivity contribution in [3.63, 3.8) is 0 Å². The van der Waals surface area contributed by atoms with Crippen LogP contribution in [0.15, 0.2) is 22.9 Å². The fourth-order valence-corrected chi connectivity index (χ4v) is 2.71. The van der Waals surface area contributed by atoms with E-state index in [1.54, 1.807) is 18.3 Å². The lowest BCUT2D eigenvalue weighted by Gasteiger charge is -2.27. The summed E-state index contributed by atoms with van der Waals surface area (Å²) in [4.78, 5) is 30.2. The third kappa shape index (κ3) is 2.81. The second-order valence-electron chi connectivity index (χ2n) is 5.32. The maximum atomic E-state index is 12.7. The van der Waals surface area contributed by atoms with Gasteiger partial charge in [0.25, 0.3) is 0 Å². The Hall–Kier alpha value is -2.70. The molecule has 1 aliphatic heterocycles. The van der Waals surface area contributed by atoms with Crippen molar-refractivity contribution in [2.24, 2.45) is 0 Å². The molecule has 0 atom stereocenters. The largest absolute Gasteiger partial charge is 0.361 e. The zero-order valence-corrected chi connectivity index (χ0v) is 13.1. The lowest BCUT2D eigenvalue weighted by Crippen LogP contribution is -2.43. The normalized spacial score (nSPS) is 13.7. The number of hydrogen-bond acceptors (Lipinski definition) is 5. The lowest BCUT2D eigenvalue weighted by atomic mass is 10.1. The highest BCUT2D eigenvalue weighted by molar-refractivity contribution is 6.09. The molecule has 23 heavy (non-hydrogen) atoms. The Morgan fingerprint density at radius 3 is 2.96 bits per heavy atom. The molecule has 2 aromatic rings. The predicted octanol–water partition coefficient (Wildman–Crippen LogP) is 1.72. The van der Waals surface area contributed by atoms with E-state index in [0.29, 0.717) is 24.3 Å². The summed E-state index contributed by atoms with van der Waals surface area (Å²) in [6.45, 7) is 3.90. The van der Waals surface area contributed by atoms with E-state index in [0.717, 1.165) is 17.0 Å². The van der Waals surface area contributed by atoms with Gasteiger partial charge in [-0.3, -0.25) is 14.5 Å². The molecule has 3 rings (SSSR count). The average Bonchev–Trinajstić information content (AvgIpc) is 2.95. The van der Waals surface area contributed by atoms with Gasteiger partial charge < -0.3 is 9.84 Å². The molecule has 2 amide bonds. The van der Waals surface area contributed by atoms with Crippen LogP contribution in [0.4, 0.5) is 11.5 Å². The fraction of sp³-hybridized carbons (Fsp3) is 0.375. The Bertz CT molecular complexity index is 732. The number of nitrogens with zero attached hydrogens (tertiary/aromatic N) is 3. The summed E-state index contributed by atoms with van der Waals surface area (Å²) in [6, 6.07) is 3.45. The standard InChI is InChI=1S/C16H18N4O3/c1-3-11-10(13(4-2)23-19-11)8-15(22)20-9-14(21)18-12-6-5-7-17-16(12)20/h5-7H,3-4,8-9H2,1-2H3,(H,18,21). The molecular formula is C16H18N4O3. The number of carbonyl (C=O) groups excluding carboxylic acids is 2. The summed E-state index contributed by atoms with van der Waals surface area (Å²) in [5.41, 5.74) is 2.16. The SMILES string of the molecule is CCc1noc(CC)c1CC(=O)N1CC(=O)Nc2cccnc21. The summed E-state index contributed by atoms with van der Waals surface area (Å²) in [7, 11) is 0. The molecule has 0 fully saturated rings. The average molecular weight is 314 g/mol. The number of fused-ring (bicyclic) bond motifs is 1. The third-order valence-corrected chi connectivity index (χ3v) is 3.85. The number of aromatic nitrogens is 2. The van der Waals surface area contributed by atoms with Crippen molar-refractivity contribution >= 4 is 23.3 Å². The Labute approximate surface area is 133 Å². The summed E-state index contributed by atoms with van der Waals surface area (Å²) in [6.07, 6.45) is 3.12. The molecule has 0 unspecified atom stereocenters. The Balaban J connectivity index is 1.90. The second-order valence-corrected chi connectivity index (χ2v) is 5.32. The topological polar surface area (TPSA) is 88.3 Å². The first-order valence-corrected chi connectivity index (χ1v) is 7.65. The minimum Gasteiger partial charge on any atom is -0.361 e. The van der Waals surface area contributed by atoms with Crippen molar-refractivity contribution in [2.45, 2.75) is 33.1 Å². The summed E-state index contributed by atoms with van der Waals surface area (Å²) in [5.74, 6) is 0.783. The molecule has 7 nitrogen and oxygen atoms in total. The first-order chi connectivity index (χ1) is 11.1. The van der Waals surface area contributed by atoms with Gasteiger partial charge in [-0.25, -0.2) is 4.98 Å². The Morgan fingerprint density at radius 1 is 1.39 bits per heavy atom. The minimum atomic E-state index is -0.226. The number of carbonyl (C=O) groups is 2. The van der Waals surface area contributed by atoms with Crippen LogP contribution in [-0.2, 0) is 28.9 Å². The van der Waals surface area contributed by atoms with E-state index >= 15 is 0 Å². The number of nitrogens with one attached hydrogen (secondary N) is 1. The van der Waals surface area contributed by atoms with Gasteiger partial charge >= 0.3 is 0 Å². The van der Waals surface area contributed by atoms with Gasteiger partial charge in [0.05, 0.1) is 17.8 Å². The second kappa shape index (κ2) is 6.20. The van der Waals surface area contributed by atoms with Gasteiger partial charge in [0.2, 0.25) is 11.8 Å². The van der Waals surface area contributed by atoms with E-state index in [-0.39, 0.29) is 24.8 Å². The molecule has 120 valence electrons. The van der Waals surface area contributed by atoms with Crippen LogP contribution in [0.2, 0.25) is 0 Å². The van der Waals surface area contributed by atoms with E-state index in [4.69, 9.17) is 4.52 Å². The van der Waals surface area contributed by atoms with Gasteiger partial charge in [0.15, 0.2) is 5.82 Å². The third-order valence-electron chi connectivity index (χ3n) is 3.85. The monoisotopic (exact) mass is 314 g/mol. The van der Waals surface area contributed by atoms with Gasteiger partial charge in [-0.2, -0.15) is 0 Å². The number of rotatable bonds is 4.